The lowest BCUT2D eigenvalue weighted by atomic mass is 10.7. The molecule has 0 radical (unpaired) electrons. The predicted molar refractivity (Wildman–Crippen MR) is 49.0 cm³/mol. The zero-order valence-corrected chi connectivity index (χ0v) is 11.0. The zero-order valence-electron chi connectivity index (χ0n) is 7.24. The van der Waals surface area contributed by atoms with Gasteiger partial charge in [0, 0.05) is 6.07 Å². The van der Waals surface area contributed by atoms with Crippen LogP contribution in [0.5, 0.6) is 0 Å². The molecule has 1 heterocycles. The maximum absolute atomic E-state index is 4.22. The molecule has 0 fully saturated rings. The van der Waals surface area contributed by atoms with E-state index in [9.17, 15) is 0 Å². The zero-order chi connectivity index (χ0) is 8.27. The van der Waals surface area contributed by atoms with Crippen LogP contribution < -0.4 is 28.5 Å². The highest BCUT2D eigenvalue weighted by Gasteiger charge is 2.09. The van der Waals surface area contributed by atoms with Crippen molar-refractivity contribution in [2.45, 2.75) is 10.2 Å². The van der Waals surface area contributed by atoms with E-state index in [-0.39, 0.29) is 24.0 Å². The van der Waals surface area contributed by atoms with Gasteiger partial charge in [-0.1, -0.05) is 11.8 Å². The molecule has 0 aliphatic heterocycles. The minimum Gasteiger partial charge on any atom is -1.00 e. The van der Waals surface area contributed by atoms with Crippen molar-refractivity contribution in [2.24, 2.45) is 7.05 Å². The van der Waals surface area contributed by atoms with Crippen molar-refractivity contribution < 1.29 is 28.5 Å². The summed E-state index contributed by atoms with van der Waals surface area (Å²) in [4.78, 5) is 4.22. The van der Waals surface area contributed by atoms with Crippen LogP contribution in [0, 0.1) is 0 Å². The van der Waals surface area contributed by atoms with Crippen LogP contribution in [0.3, 0.4) is 0 Å². The summed E-state index contributed by atoms with van der Waals surface area (Å²) >= 11 is 3.40. The number of hydrogen-bond donors (Lipinski definition) is 0. The molecule has 5 heteroatoms. The topological polar surface area (TPSA) is 16.8 Å². The molecule has 12 heavy (non-hydrogen) atoms. The van der Waals surface area contributed by atoms with Crippen molar-refractivity contribution >= 4 is 23.5 Å². The van der Waals surface area contributed by atoms with Crippen LogP contribution in [-0.4, -0.2) is 17.5 Å². The van der Waals surface area contributed by atoms with E-state index in [1.807, 2.05) is 25.6 Å². The van der Waals surface area contributed by atoms with Gasteiger partial charge in [-0.15, -0.1) is 0 Å². The van der Waals surface area contributed by atoms with Gasteiger partial charge in [0.2, 0.25) is 0 Å². The smallest absolute Gasteiger partial charge is 0.359 e. The summed E-state index contributed by atoms with van der Waals surface area (Å²) in [5.41, 5.74) is 0. The Morgan fingerprint density at radius 3 is 2.50 bits per heavy atom. The van der Waals surface area contributed by atoms with Crippen LogP contribution in [0.1, 0.15) is 0 Å². The number of nitrogens with zero attached hydrogens (tertiary/aromatic N) is 2. The summed E-state index contributed by atoms with van der Waals surface area (Å²) in [7, 11) is 2.03. The van der Waals surface area contributed by atoms with Crippen LogP contribution in [-0.2, 0) is 7.05 Å². The molecule has 0 amide bonds. The summed E-state index contributed by atoms with van der Waals surface area (Å²) < 4.78 is 2.09. The first-order valence-electron chi connectivity index (χ1n) is 3.22. The van der Waals surface area contributed by atoms with E-state index in [2.05, 4.69) is 15.8 Å². The summed E-state index contributed by atoms with van der Waals surface area (Å²) in [6.07, 6.45) is 5.95. The van der Waals surface area contributed by atoms with Crippen molar-refractivity contribution in [1.29, 1.82) is 0 Å². The molecule has 68 valence electrons. The molecule has 1 aromatic rings. The normalized spacial score (nSPS) is 9.25. The molecule has 0 saturated carbocycles. The highest BCUT2D eigenvalue weighted by molar-refractivity contribution is 7.98. The SMILES string of the molecule is CSc1ccnc(SC)[n+]1C.[I-]. The second-order valence-electron chi connectivity index (χ2n) is 2.03. The number of hydrogen-bond acceptors (Lipinski definition) is 3. The minimum absolute atomic E-state index is 0. The first kappa shape index (κ1) is 12.5. The largest absolute Gasteiger partial charge is 1.00 e. The van der Waals surface area contributed by atoms with E-state index in [1.54, 1.807) is 23.5 Å². The number of rotatable bonds is 2. The van der Waals surface area contributed by atoms with Crippen molar-refractivity contribution in [3.05, 3.63) is 12.3 Å². The van der Waals surface area contributed by atoms with Gasteiger partial charge in [0.1, 0.15) is 6.20 Å². The minimum atomic E-state index is 0. The molecule has 0 saturated heterocycles. The summed E-state index contributed by atoms with van der Waals surface area (Å²) in [6, 6.07) is 2.02. The maximum Gasteiger partial charge on any atom is 0.359 e. The Labute approximate surface area is 98.6 Å². The fraction of sp³-hybridized carbons (Fsp3) is 0.429. The van der Waals surface area contributed by atoms with E-state index >= 15 is 0 Å². The molecule has 0 aliphatic rings. The van der Waals surface area contributed by atoms with Crippen LogP contribution in [0.15, 0.2) is 22.4 Å². The van der Waals surface area contributed by atoms with Gasteiger partial charge in [-0.05, 0) is 29.3 Å². The van der Waals surface area contributed by atoms with Crippen molar-refractivity contribution in [1.82, 2.24) is 4.98 Å². The second kappa shape index (κ2) is 6.04. The van der Waals surface area contributed by atoms with Crippen LogP contribution in [0.25, 0.3) is 0 Å². The summed E-state index contributed by atoms with van der Waals surface area (Å²) in [6.45, 7) is 0. The lowest BCUT2D eigenvalue weighted by Crippen LogP contribution is -3.00. The van der Waals surface area contributed by atoms with Gasteiger partial charge >= 0.3 is 5.16 Å². The second-order valence-corrected chi connectivity index (χ2v) is 3.63. The Morgan fingerprint density at radius 1 is 1.33 bits per heavy atom. The number of thioether (sulfide) groups is 2. The van der Waals surface area contributed by atoms with E-state index in [1.165, 1.54) is 5.03 Å². The molecule has 0 unspecified atom stereocenters. The van der Waals surface area contributed by atoms with Crippen molar-refractivity contribution in [3.63, 3.8) is 0 Å². The fourth-order valence-corrected chi connectivity index (χ4v) is 2.01. The van der Waals surface area contributed by atoms with Gasteiger partial charge in [-0.25, -0.2) is 4.57 Å². The third kappa shape index (κ3) is 2.77. The van der Waals surface area contributed by atoms with Crippen LogP contribution >= 0.6 is 23.5 Å². The average molecular weight is 314 g/mol. The monoisotopic (exact) mass is 314 g/mol. The van der Waals surface area contributed by atoms with E-state index < -0.39 is 0 Å². The fourth-order valence-electron chi connectivity index (χ4n) is 0.852. The molecule has 1 rings (SSSR count). The van der Waals surface area contributed by atoms with E-state index in [0.717, 1.165) is 5.16 Å². The Morgan fingerprint density at radius 2 is 2.00 bits per heavy atom. The van der Waals surface area contributed by atoms with Gasteiger partial charge < -0.3 is 24.0 Å². The van der Waals surface area contributed by atoms with Crippen LogP contribution in [0.2, 0.25) is 0 Å². The standard InChI is InChI=1S/C7H11N2S2.HI/c1-9-6(10-2)4-5-8-7(9)11-3;/h4-5H,1-3H3;1H/q+1;/p-1. The quantitative estimate of drug-likeness (QED) is 0.214. The molecule has 1 aromatic heterocycles. The highest BCUT2D eigenvalue weighted by Crippen LogP contribution is 2.11. The third-order valence-corrected chi connectivity index (χ3v) is 2.98. The Balaban J connectivity index is 0.00000121. The summed E-state index contributed by atoms with van der Waals surface area (Å²) in [5.74, 6) is 0. The molecule has 0 atom stereocenters. The average Bonchev–Trinajstić information content (AvgIpc) is 2.05. The van der Waals surface area contributed by atoms with Gasteiger partial charge in [-0.2, -0.15) is 0 Å². The van der Waals surface area contributed by atoms with Gasteiger partial charge in [-0.3, -0.25) is 0 Å². The predicted octanol–water partition coefficient (Wildman–Crippen LogP) is -1.65. The first-order chi connectivity index (χ1) is 5.29. The lowest BCUT2D eigenvalue weighted by Gasteiger charge is -1.98. The molecule has 0 aromatic carbocycles. The highest BCUT2D eigenvalue weighted by atomic mass is 127. The Bertz CT molecular complexity index is 233. The van der Waals surface area contributed by atoms with Crippen molar-refractivity contribution in [3.8, 4) is 0 Å². The Hall–Kier alpha value is 0.510. The summed E-state index contributed by atoms with van der Waals surface area (Å²) in [5, 5.41) is 2.29. The molecule has 0 spiro atoms. The number of halogens is 1. The molecule has 0 bridgehead atoms. The lowest BCUT2D eigenvalue weighted by molar-refractivity contribution is -0.748. The van der Waals surface area contributed by atoms with Gasteiger partial charge in [0.25, 0.3) is 0 Å². The molecule has 0 N–H and O–H groups in total. The first-order valence-corrected chi connectivity index (χ1v) is 5.67. The van der Waals surface area contributed by atoms with Gasteiger partial charge in [0.05, 0.1) is 7.05 Å². The number of aromatic nitrogens is 2. The third-order valence-electron chi connectivity index (χ3n) is 1.41. The van der Waals surface area contributed by atoms with Crippen LogP contribution in [0.4, 0.5) is 0 Å². The van der Waals surface area contributed by atoms with E-state index in [0.29, 0.717) is 0 Å². The maximum atomic E-state index is 4.22. The van der Waals surface area contributed by atoms with Gasteiger partial charge in [0.15, 0.2) is 5.03 Å². The van der Waals surface area contributed by atoms with E-state index in [4.69, 9.17) is 0 Å². The molecule has 0 aliphatic carbocycles. The molecular weight excluding hydrogens is 303 g/mol. The Kier molecular flexibility index (Phi) is 6.30. The molecular formula is C7H11IN2S2. The van der Waals surface area contributed by atoms with Crippen molar-refractivity contribution in [2.75, 3.05) is 12.5 Å². The molecule has 2 nitrogen and oxygen atoms in total.